The van der Waals surface area contributed by atoms with E-state index in [0.29, 0.717) is 25.4 Å². The summed E-state index contributed by atoms with van der Waals surface area (Å²) in [6, 6.07) is 25.1. The number of nitrogens with zero attached hydrogens (tertiary/aromatic N) is 8. The molecular formula is C27H22I2N8S. The summed E-state index contributed by atoms with van der Waals surface area (Å²) < 4.78 is 8.41. The van der Waals surface area contributed by atoms with Crippen LogP contribution in [0.4, 0.5) is 0 Å². The van der Waals surface area contributed by atoms with E-state index in [0.717, 1.165) is 27.6 Å². The predicted molar refractivity (Wildman–Crippen MR) is 165 cm³/mol. The van der Waals surface area contributed by atoms with E-state index in [4.69, 9.17) is 4.98 Å². The molecule has 0 fully saturated rings. The van der Waals surface area contributed by atoms with Gasteiger partial charge in [-0.1, -0.05) is 58.6 Å². The minimum atomic E-state index is 0.592. The van der Waals surface area contributed by atoms with Crippen molar-refractivity contribution in [1.82, 2.24) is 39.5 Å². The Morgan fingerprint density at radius 1 is 0.658 bits per heavy atom. The lowest BCUT2D eigenvalue weighted by molar-refractivity contribution is 0.648. The van der Waals surface area contributed by atoms with E-state index in [2.05, 4.69) is 125 Å². The third-order valence-electron chi connectivity index (χ3n) is 5.98. The molecule has 6 rings (SSSR count). The van der Waals surface area contributed by atoms with Crippen molar-refractivity contribution in [3.8, 4) is 0 Å². The molecule has 0 amide bonds. The van der Waals surface area contributed by atoms with Crippen LogP contribution in [0.3, 0.4) is 0 Å². The summed E-state index contributed by atoms with van der Waals surface area (Å²) in [6.45, 7) is 1.98. The average Bonchev–Trinajstić information content (AvgIpc) is 3.65. The second-order valence-corrected chi connectivity index (χ2v) is 12.3. The number of thioether (sulfide) groups is 1. The van der Waals surface area contributed by atoms with Gasteiger partial charge in [-0.3, -0.25) is 0 Å². The summed E-state index contributed by atoms with van der Waals surface area (Å²) in [4.78, 5) is 4.90. The topological polar surface area (TPSA) is 79.2 Å². The van der Waals surface area contributed by atoms with Crippen LogP contribution in [0, 0.1) is 7.14 Å². The summed E-state index contributed by atoms with van der Waals surface area (Å²) in [5.74, 6) is 0.676. The normalized spacial score (nSPS) is 11.4. The Morgan fingerprint density at radius 3 is 1.89 bits per heavy atom. The van der Waals surface area contributed by atoms with E-state index < -0.39 is 0 Å². The molecule has 0 N–H and O–H groups in total. The van der Waals surface area contributed by atoms with Gasteiger partial charge in [0.1, 0.15) is 5.69 Å². The number of aromatic nitrogens is 8. The highest BCUT2D eigenvalue weighted by Crippen LogP contribution is 2.27. The van der Waals surface area contributed by atoms with Crippen molar-refractivity contribution in [2.24, 2.45) is 0 Å². The first kappa shape index (κ1) is 25.5. The lowest BCUT2D eigenvalue weighted by Gasteiger charge is -2.06. The molecule has 0 saturated heterocycles. The maximum atomic E-state index is 4.90. The van der Waals surface area contributed by atoms with Crippen LogP contribution >= 0.6 is 56.9 Å². The third-order valence-corrected chi connectivity index (χ3v) is 8.42. The molecule has 3 heterocycles. The maximum absolute atomic E-state index is 4.90. The highest BCUT2D eigenvalue weighted by atomic mass is 127. The molecule has 0 saturated carbocycles. The second kappa shape index (κ2) is 11.5. The number of para-hydroxylation sites is 2. The molecule has 0 unspecified atom stereocenters. The van der Waals surface area contributed by atoms with Gasteiger partial charge in [-0.2, -0.15) is 0 Å². The fourth-order valence-electron chi connectivity index (χ4n) is 4.14. The Labute approximate surface area is 251 Å². The maximum Gasteiger partial charge on any atom is 0.169 e. The lowest BCUT2D eigenvalue weighted by Crippen LogP contribution is -2.02. The van der Waals surface area contributed by atoms with Crippen LogP contribution in [0.5, 0.6) is 0 Å². The highest BCUT2D eigenvalue weighted by Gasteiger charge is 2.14. The Morgan fingerprint density at radius 2 is 1.24 bits per heavy atom. The van der Waals surface area contributed by atoms with Crippen molar-refractivity contribution in [3.05, 3.63) is 115 Å². The predicted octanol–water partition coefficient (Wildman–Crippen LogP) is 5.87. The average molecular weight is 744 g/mol. The van der Waals surface area contributed by atoms with Crippen LogP contribution in [-0.2, 0) is 25.4 Å². The van der Waals surface area contributed by atoms with Gasteiger partial charge < -0.3 is 4.57 Å². The Hall–Kier alpha value is -2.78. The van der Waals surface area contributed by atoms with Crippen molar-refractivity contribution < 1.29 is 0 Å². The van der Waals surface area contributed by atoms with Gasteiger partial charge in [-0.15, -0.1) is 10.2 Å². The van der Waals surface area contributed by atoms with E-state index in [1.165, 1.54) is 18.3 Å². The molecule has 6 aromatic rings. The van der Waals surface area contributed by atoms with E-state index in [9.17, 15) is 0 Å². The Kier molecular flexibility index (Phi) is 7.74. The zero-order valence-electron chi connectivity index (χ0n) is 20.2. The summed E-state index contributed by atoms with van der Waals surface area (Å²) in [5, 5.41) is 18.4. The first-order chi connectivity index (χ1) is 18.6. The molecule has 190 valence electrons. The van der Waals surface area contributed by atoms with E-state index in [1.54, 1.807) is 11.8 Å². The molecular weight excluding hydrogens is 722 g/mol. The largest absolute Gasteiger partial charge is 0.313 e. The van der Waals surface area contributed by atoms with Crippen molar-refractivity contribution >= 4 is 68.0 Å². The van der Waals surface area contributed by atoms with Gasteiger partial charge >= 0.3 is 0 Å². The van der Waals surface area contributed by atoms with Crippen LogP contribution in [0.2, 0.25) is 0 Å². The number of rotatable bonds is 9. The zero-order chi connectivity index (χ0) is 25.9. The van der Waals surface area contributed by atoms with Gasteiger partial charge in [-0.05, 0) is 92.7 Å². The number of benzene rings is 3. The summed E-state index contributed by atoms with van der Waals surface area (Å²) in [6.07, 6.45) is 4.02. The van der Waals surface area contributed by atoms with Crippen LogP contribution in [-0.4, -0.2) is 39.5 Å². The van der Waals surface area contributed by atoms with E-state index in [1.807, 2.05) is 40.0 Å². The highest BCUT2D eigenvalue weighted by molar-refractivity contribution is 14.1. The van der Waals surface area contributed by atoms with Crippen LogP contribution in [0.15, 0.2) is 90.3 Å². The fraction of sp³-hybridized carbons (Fsp3) is 0.148. The molecule has 0 atom stereocenters. The number of imidazole rings is 1. The SMILES string of the molecule is Ic1ccc(Cn2cc(CSc3nc4ccccc4n3Cc3cn(Cc4ccc(I)cc4)nn3)nn2)cc1. The second-order valence-electron chi connectivity index (χ2n) is 8.83. The Balaban J connectivity index is 1.17. The standard InChI is InChI=1S/C27H22I2N8S/c28-21-9-5-19(6-10-21)13-35-15-23(31-33-35)17-37-26-4-2-1-3-25(26)30-27(37)38-18-24-16-36(34-32-24)14-20-7-11-22(29)12-8-20/h1-12,15-16H,13-14,17-18H2. The van der Waals surface area contributed by atoms with Gasteiger partial charge in [0.25, 0.3) is 0 Å². The van der Waals surface area contributed by atoms with Gasteiger partial charge in [-0.25, -0.2) is 14.3 Å². The molecule has 0 radical (unpaired) electrons. The van der Waals surface area contributed by atoms with Gasteiger partial charge in [0.2, 0.25) is 0 Å². The molecule has 0 aliphatic rings. The van der Waals surface area contributed by atoms with E-state index >= 15 is 0 Å². The van der Waals surface area contributed by atoms with Gasteiger partial charge in [0.05, 0.1) is 42.6 Å². The number of hydrogen-bond donors (Lipinski definition) is 0. The van der Waals surface area contributed by atoms with Crippen molar-refractivity contribution in [3.63, 3.8) is 0 Å². The summed E-state index contributed by atoms with van der Waals surface area (Å²) >= 11 is 6.29. The minimum Gasteiger partial charge on any atom is -0.313 e. The van der Waals surface area contributed by atoms with Crippen LogP contribution in [0.25, 0.3) is 11.0 Å². The molecule has 0 aliphatic heterocycles. The fourth-order valence-corrected chi connectivity index (χ4v) is 5.75. The number of fused-ring (bicyclic) bond motifs is 1. The first-order valence-electron chi connectivity index (χ1n) is 11.9. The smallest absolute Gasteiger partial charge is 0.169 e. The number of hydrogen-bond acceptors (Lipinski definition) is 6. The molecule has 0 spiro atoms. The van der Waals surface area contributed by atoms with Crippen LogP contribution in [0.1, 0.15) is 22.5 Å². The molecule has 3 aromatic carbocycles. The van der Waals surface area contributed by atoms with E-state index in [-0.39, 0.29) is 0 Å². The molecule has 0 aliphatic carbocycles. The van der Waals surface area contributed by atoms with Crippen molar-refractivity contribution in [2.75, 3.05) is 0 Å². The molecule has 0 bridgehead atoms. The quantitative estimate of drug-likeness (QED) is 0.136. The molecule has 8 nitrogen and oxygen atoms in total. The third kappa shape index (κ3) is 6.10. The van der Waals surface area contributed by atoms with Crippen LogP contribution < -0.4 is 0 Å². The molecule has 3 aromatic heterocycles. The Bertz CT molecular complexity index is 1670. The van der Waals surface area contributed by atoms with Gasteiger partial charge in [0.15, 0.2) is 5.16 Å². The first-order valence-corrected chi connectivity index (χ1v) is 15.1. The lowest BCUT2D eigenvalue weighted by atomic mass is 10.2. The zero-order valence-corrected chi connectivity index (χ0v) is 25.3. The minimum absolute atomic E-state index is 0.592. The van der Waals surface area contributed by atoms with Crippen molar-refractivity contribution in [1.29, 1.82) is 0 Å². The molecule has 38 heavy (non-hydrogen) atoms. The van der Waals surface area contributed by atoms with Gasteiger partial charge in [0, 0.05) is 19.1 Å². The summed E-state index contributed by atoms with van der Waals surface area (Å²) in [5.41, 5.74) is 6.24. The van der Waals surface area contributed by atoms with Crippen molar-refractivity contribution in [2.45, 2.75) is 30.5 Å². The monoisotopic (exact) mass is 744 g/mol. The number of halogens is 2. The summed E-state index contributed by atoms with van der Waals surface area (Å²) in [7, 11) is 0. The molecule has 11 heteroatoms.